The lowest BCUT2D eigenvalue weighted by atomic mass is 10.1. The Kier molecular flexibility index (Phi) is 5.33. The summed E-state index contributed by atoms with van der Waals surface area (Å²) >= 11 is 0. The summed E-state index contributed by atoms with van der Waals surface area (Å²) in [5, 5.41) is 0. The van der Waals surface area contributed by atoms with Crippen molar-refractivity contribution in [3.63, 3.8) is 0 Å². The van der Waals surface area contributed by atoms with Crippen LogP contribution in [0.3, 0.4) is 0 Å². The highest BCUT2D eigenvalue weighted by molar-refractivity contribution is 5.74. The number of hydrogen-bond donors (Lipinski definition) is 0. The van der Waals surface area contributed by atoms with Crippen molar-refractivity contribution in [1.82, 2.24) is 4.98 Å². The molecule has 0 radical (unpaired) electrons. The van der Waals surface area contributed by atoms with Crippen LogP contribution in [0, 0.1) is 5.92 Å². The highest BCUT2D eigenvalue weighted by Crippen LogP contribution is 2.15. The SMILES string of the molecule is CC(C)CCOC(C)C(=O)OCc1nc2ccccc2o1. The fourth-order valence-electron chi connectivity index (χ4n) is 1.78. The molecule has 0 fully saturated rings. The molecule has 1 aromatic carbocycles. The predicted octanol–water partition coefficient (Wildman–Crippen LogP) is 3.32. The third kappa shape index (κ3) is 4.56. The number of carbonyl (C=O) groups excluding carboxylic acids is 1. The smallest absolute Gasteiger partial charge is 0.335 e. The highest BCUT2D eigenvalue weighted by Gasteiger charge is 2.16. The summed E-state index contributed by atoms with van der Waals surface area (Å²) in [5.74, 6) is 0.535. The van der Waals surface area contributed by atoms with E-state index in [2.05, 4.69) is 18.8 Å². The van der Waals surface area contributed by atoms with Crippen LogP contribution in [-0.4, -0.2) is 23.7 Å². The van der Waals surface area contributed by atoms with Gasteiger partial charge in [-0.15, -0.1) is 0 Å². The maximum Gasteiger partial charge on any atom is 0.335 e. The fraction of sp³-hybridized carbons (Fsp3) is 0.500. The van der Waals surface area contributed by atoms with Gasteiger partial charge < -0.3 is 13.9 Å². The molecule has 114 valence electrons. The number of oxazole rings is 1. The minimum Gasteiger partial charge on any atom is -0.454 e. The lowest BCUT2D eigenvalue weighted by Gasteiger charge is -2.12. The van der Waals surface area contributed by atoms with E-state index in [9.17, 15) is 4.79 Å². The Labute approximate surface area is 124 Å². The lowest BCUT2D eigenvalue weighted by Crippen LogP contribution is -2.24. The Balaban J connectivity index is 1.80. The van der Waals surface area contributed by atoms with Crippen molar-refractivity contribution >= 4 is 17.1 Å². The van der Waals surface area contributed by atoms with E-state index in [4.69, 9.17) is 13.9 Å². The molecule has 5 heteroatoms. The van der Waals surface area contributed by atoms with Gasteiger partial charge in [0, 0.05) is 6.61 Å². The molecule has 0 saturated heterocycles. The van der Waals surface area contributed by atoms with Crippen LogP contribution in [-0.2, 0) is 20.9 Å². The van der Waals surface area contributed by atoms with Crippen molar-refractivity contribution in [2.45, 2.75) is 39.9 Å². The van der Waals surface area contributed by atoms with E-state index in [1.165, 1.54) is 0 Å². The first-order valence-corrected chi connectivity index (χ1v) is 7.19. The Bertz CT molecular complexity index is 558. The first-order chi connectivity index (χ1) is 10.1. The molecule has 1 aromatic heterocycles. The van der Waals surface area contributed by atoms with Crippen LogP contribution in [0.1, 0.15) is 33.1 Å². The fourth-order valence-corrected chi connectivity index (χ4v) is 1.78. The maximum atomic E-state index is 11.8. The van der Waals surface area contributed by atoms with Crippen LogP contribution in [0.4, 0.5) is 0 Å². The van der Waals surface area contributed by atoms with E-state index in [0.717, 1.165) is 11.9 Å². The minimum absolute atomic E-state index is 0.0192. The van der Waals surface area contributed by atoms with Crippen LogP contribution in [0.15, 0.2) is 28.7 Å². The second-order valence-electron chi connectivity index (χ2n) is 5.38. The zero-order chi connectivity index (χ0) is 15.2. The summed E-state index contributed by atoms with van der Waals surface area (Å²) in [6.45, 7) is 6.48. The maximum absolute atomic E-state index is 11.8. The number of ether oxygens (including phenoxy) is 2. The van der Waals surface area contributed by atoms with Crippen molar-refractivity contribution in [2.24, 2.45) is 5.92 Å². The quantitative estimate of drug-likeness (QED) is 0.732. The lowest BCUT2D eigenvalue weighted by molar-refractivity contribution is -0.158. The Morgan fingerprint density at radius 3 is 2.76 bits per heavy atom. The van der Waals surface area contributed by atoms with E-state index in [0.29, 0.717) is 24.0 Å². The number of esters is 1. The highest BCUT2D eigenvalue weighted by atomic mass is 16.6. The second kappa shape index (κ2) is 7.22. The molecule has 2 rings (SSSR count). The van der Waals surface area contributed by atoms with Crippen molar-refractivity contribution in [3.05, 3.63) is 30.2 Å². The molecule has 1 unspecified atom stereocenters. The summed E-state index contributed by atoms with van der Waals surface area (Å²) in [7, 11) is 0. The Hall–Kier alpha value is -1.88. The van der Waals surface area contributed by atoms with Gasteiger partial charge in [-0.1, -0.05) is 26.0 Å². The van der Waals surface area contributed by atoms with Gasteiger partial charge in [0.1, 0.15) is 5.52 Å². The predicted molar refractivity (Wildman–Crippen MR) is 78.7 cm³/mol. The molecule has 0 aliphatic rings. The average molecular weight is 291 g/mol. The van der Waals surface area contributed by atoms with Crippen molar-refractivity contribution < 1.29 is 18.7 Å². The molecule has 2 aromatic rings. The first-order valence-electron chi connectivity index (χ1n) is 7.19. The van der Waals surface area contributed by atoms with Gasteiger partial charge >= 0.3 is 5.97 Å². The van der Waals surface area contributed by atoms with E-state index in [1.807, 2.05) is 24.3 Å². The van der Waals surface area contributed by atoms with E-state index in [1.54, 1.807) is 6.92 Å². The monoisotopic (exact) mass is 291 g/mol. The second-order valence-corrected chi connectivity index (χ2v) is 5.38. The molecule has 0 aliphatic heterocycles. The number of nitrogens with zero attached hydrogens (tertiary/aromatic N) is 1. The molecule has 0 bridgehead atoms. The molecule has 1 heterocycles. The van der Waals surface area contributed by atoms with Gasteiger partial charge in [0.25, 0.3) is 0 Å². The van der Waals surface area contributed by atoms with Crippen LogP contribution in [0.2, 0.25) is 0 Å². The molecule has 1 atom stereocenters. The summed E-state index contributed by atoms with van der Waals surface area (Å²) in [6, 6.07) is 7.42. The van der Waals surface area contributed by atoms with Gasteiger partial charge in [0.05, 0.1) is 0 Å². The normalized spacial score (nSPS) is 12.8. The van der Waals surface area contributed by atoms with Gasteiger partial charge in [0.15, 0.2) is 18.3 Å². The first kappa shape index (κ1) is 15.5. The average Bonchev–Trinajstić information content (AvgIpc) is 2.87. The van der Waals surface area contributed by atoms with E-state index in [-0.39, 0.29) is 6.61 Å². The molecule has 0 aliphatic carbocycles. The zero-order valence-corrected chi connectivity index (χ0v) is 12.7. The topological polar surface area (TPSA) is 61.6 Å². The zero-order valence-electron chi connectivity index (χ0n) is 12.7. The number of benzene rings is 1. The molecule has 0 spiro atoms. The summed E-state index contributed by atoms with van der Waals surface area (Å²) in [5.41, 5.74) is 1.44. The molecule has 5 nitrogen and oxygen atoms in total. The van der Waals surface area contributed by atoms with Crippen molar-refractivity contribution in [2.75, 3.05) is 6.61 Å². The minimum atomic E-state index is -0.576. The van der Waals surface area contributed by atoms with Gasteiger partial charge in [0.2, 0.25) is 5.89 Å². The van der Waals surface area contributed by atoms with Crippen molar-refractivity contribution in [1.29, 1.82) is 0 Å². The number of hydrogen-bond acceptors (Lipinski definition) is 5. The number of rotatable bonds is 7. The van der Waals surface area contributed by atoms with Gasteiger partial charge in [-0.05, 0) is 31.4 Å². The molecule has 0 N–H and O–H groups in total. The van der Waals surface area contributed by atoms with Gasteiger partial charge in [-0.2, -0.15) is 0 Å². The summed E-state index contributed by atoms with van der Waals surface area (Å²) in [4.78, 5) is 16.0. The van der Waals surface area contributed by atoms with E-state index >= 15 is 0 Å². The standard InChI is InChI=1S/C16H21NO4/c1-11(2)8-9-19-12(3)16(18)20-10-15-17-13-6-4-5-7-14(13)21-15/h4-7,11-12H,8-10H2,1-3H3. The summed E-state index contributed by atoms with van der Waals surface area (Å²) < 4.78 is 16.1. The molecular formula is C16H21NO4. The van der Waals surface area contributed by atoms with E-state index < -0.39 is 12.1 Å². The van der Waals surface area contributed by atoms with Gasteiger partial charge in [-0.3, -0.25) is 0 Å². The number of fused-ring (bicyclic) bond motifs is 1. The largest absolute Gasteiger partial charge is 0.454 e. The van der Waals surface area contributed by atoms with Crippen LogP contribution >= 0.6 is 0 Å². The number of aromatic nitrogens is 1. The van der Waals surface area contributed by atoms with Crippen LogP contribution in [0.5, 0.6) is 0 Å². The Morgan fingerprint density at radius 2 is 2.05 bits per heavy atom. The van der Waals surface area contributed by atoms with Gasteiger partial charge in [-0.25, -0.2) is 9.78 Å². The number of para-hydroxylation sites is 2. The van der Waals surface area contributed by atoms with Crippen molar-refractivity contribution in [3.8, 4) is 0 Å². The molecular weight excluding hydrogens is 270 g/mol. The number of carbonyl (C=O) groups is 1. The van der Waals surface area contributed by atoms with Crippen LogP contribution in [0.25, 0.3) is 11.1 Å². The molecule has 21 heavy (non-hydrogen) atoms. The van der Waals surface area contributed by atoms with Crippen LogP contribution < -0.4 is 0 Å². The molecule has 0 amide bonds. The summed E-state index contributed by atoms with van der Waals surface area (Å²) in [6.07, 6.45) is 0.344. The third-order valence-electron chi connectivity index (χ3n) is 3.07. The third-order valence-corrected chi connectivity index (χ3v) is 3.07. The Morgan fingerprint density at radius 1 is 1.29 bits per heavy atom. The molecule has 0 saturated carbocycles.